The third-order valence-electron chi connectivity index (χ3n) is 4.03. The van der Waals surface area contributed by atoms with Gasteiger partial charge in [-0.1, -0.05) is 13.8 Å². The van der Waals surface area contributed by atoms with Crippen molar-refractivity contribution in [1.29, 1.82) is 0 Å². The Balaban J connectivity index is 2.18. The van der Waals surface area contributed by atoms with Crippen LogP contribution in [0.2, 0.25) is 0 Å². The summed E-state index contributed by atoms with van der Waals surface area (Å²) < 4.78 is 5.59. The van der Waals surface area contributed by atoms with Gasteiger partial charge in [-0.3, -0.25) is 4.98 Å². The highest BCUT2D eigenvalue weighted by Crippen LogP contribution is 2.41. The molecule has 1 aromatic rings. The van der Waals surface area contributed by atoms with E-state index in [9.17, 15) is 0 Å². The third kappa shape index (κ3) is 2.44. The summed E-state index contributed by atoms with van der Waals surface area (Å²) in [6, 6.07) is 2.06. The van der Waals surface area contributed by atoms with Gasteiger partial charge in [0, 0.05) is 13.3 Å². The molecule has 1 aliphatic carbocycles. The SMILES string of the molecule is CO[C@H]1[C@H](C)C[C@H](c2ccncc2N)C[C@@H]1C. The zero-order chi connectivity index (χ0) is 12.4. The van der Waals surface area contributed by atoms with E-state index in [1.54, 1.807) is 6.20 Å². The van der Waals surface area contributed by atoms with Crippen LogP contribution in [0.25, 0.3) is 0 Å². The van der Waals surface area contributed by atoms with Crippen molar-refractivity contribution in [2.75, 3.05) is 12.8 Å². The van der Waals surface area contributed by atoms with Gasteiger partial charge in [0.1, 0.15) is 0 Å². The molecule has 0 amide bonds. The minimum atomic E-state index is 0.384. The number of nitrogens with zero attached hydrogens (tertiary/aromatic N) is 1. The smallest absolute Gasteiger partial charge is 0.0622 e. The van der Waals surface area contributed by atoms with Crippen LogP contribution in [0.1, 0.15) is 38.2 Å². The molecule has 1 saturated carbocycles. The normalized spacial score (nSPS) is 33.6. The lowest BCUT2D eigenvalue weighted by molar-refractivity contribution is -0.0131. The van der Waals surface area contributed by atoms with Crippen molar-refractivity contribution < 1.29 is 4.74 Å². The third-order valence-corrected chi connectivity index (χ3v) is 4.03. The van der Waals surface area contributed by atoms with Gasteiger partial charge in [0.2, 0.25) is 0 Å². The quantitative estimate of drug-likeness (QED) is 0.856. The molecule has 0 saturated heterocycles. The Labute approximate surface area is 103 Å². The molecule has 94 valence electrons. The van der Waals surface area contributed by atoms with E-state index in [2.05, 4.69) is 24.9 Å². The number of hydrogen-bond acceptors (Lipinski definition) is 3. The Morgan fingerprint density at radius 2 is 1.94 bits per heavy atom. The second-order valence-electron chi connectivity index (χ2n) is 5.33. The lowest BCUT2D eigenvalue weighted by Crippen LogP contribution is -2.35. The standard InChI is InChI=1S/C14H22N2O/c1-9-6-11(7-10(2)14(9)17-3)12-4-5-16-8-13(12)15/h4-5,8-11,14H,6-7,15H2,1-3H3/t9-,10+,11+,14+. The highest BCUT2D eigenvalue weighted by atomic mass is 16.5. The van der Waals surface area contributed by atoms with E-state index in [-0.39, 0.29) is 0 Å². The minimum absolute atomic E-state index is 0.384. The molecule has 0 unspecified atom stereocenters. The van der Waals surface area contributed by atoms with Crippen LogP contribution in [0.15, 0.2) is 18.5 Å². The van der Waals surface area contributed by atoms with Gasteiger partial charge in [-0.2, -0.15) is 0 Å². The van der Waals surface area contributed by atoms with Gasteiger partial charge < -0.3 is 10.5 Å². The molecule has 1 heterocycles. The van der Waals surface area contributed by atoms with E-state index in [1.165, 1.54) is 5.56 Å². The molecular weight excluding hydrogens is 212 g/mol. The molecule has 0 bridgehead atoms. The van der Waals surface area contributed by atoms with Crippen LogP contribution < -0.4 is 5.73 Å². The molecule has 1 aliphatic rings. The highest BCUT2D eigenvalue weighted by molar-refractivity contribution is 5.46. The first-order valence-corrected chi connectivity index (χ1v) is 6.35. The van der Waals surface area contributed by atoms with Crippen LogP contribution in [0, 0.1) is 11.8 Å². The lowest BCUT2D eigenvalue weighted by Gasteiger charge is -2.38. The summed E-state index contributed by atoms with van der Waals surface area (Å²) in [5.41, 5.74) is 8.10. The van der Waals surface area contributed by atoms with E-state index in [4.69, 9.17) is 10.5 Å². The Kier molecular flexibility index (Phi) is 3.67. The summed E-state index contributed by atoms with van der Waals surface area (Å²) in [4.78, 5) is 4.06. The van der Waals surface area contributed by atoms with Crippen molar-refractivity contribution in [2.45, 2.75) is 38.7 Å². The fourth-order valence-electron chi connectivity index (χ4n) is 3.33. The number of rotatable bonds is 2. The molecule has 3 heteroatoms. The molecule has 1 fully saturated rings. The largest absolute Gasteiger partial charge is 0.397 e. The van der Waals surface area contributed by atoms with Crippen molar-refractivity contribution >= 4 is 5.69 Å². The number of methoxy groups -OCH3 is 1. The van der Waals surface area contributed by atoms with E-state index in [1.807, 2.05) is 13.3 Å². The zero-order valence-corrected chi connectivity index (χ0v) is 10.9. The first-order valence-electron chi connectivity index (χ1n) is 6.35. The van der Waals surface area contributed by atoms with E-state index in [0.29, 0.717) is 23.9 Å². The molecule has 0 spiro atoms. The van der Waals surface area contributed by atoms with Crippen LogP contribution in [0.3, 0.4) is 0 Å². The van der Waals surface area contributed by atoms with Crippen LogP contribution in [-0.4, -0.2) is 18.2 Å². The molecule has 1 aromatic heterocycles. The summed E-state index contributed by atoms with van der Waals surface area (Å²) in [5, 5.41) is 0. The van der Waals surface area contributed by atoms with Gasteiger partial charge in [0.25, 0.3) is 0 Å². The average molecular weight is 234 g/mol. The fourth-order valence-corrected chi connectivity index (χ4v) is 3.33. The predicted octanol–water partition coefficient (Wildman–Crippen LogP) is 2.83. The molecular formula is C14H22N2O. The summed E-state index contributed by atoms with van der Waals surface area (Å²) in [6.45, 7) is 4.54. The molecule has 2 rings (SSSR count). The van der Waals surface area contributed by atoms with Crippen molar-refractivity contribution in [3.05, 3.63) is 24.0 Å². The highest BCUT2D eigenvalue weighted by Gasteiger charge is 2.34. The summed E-state index contributed by atoms with van der Waals surface area (Å²) in [7, 11) is 1.82. The van der Waals surface area contributed by atoms with E-state index < -0.39 is 0 Å². The van der Waals surface area contributed by atoms with Gasteiger partial charge in [-0.25, -0.2) is 0 Å². The van der Waals surface area contributed by atoms with Crippen molar-refractivity contribution in [2.24, 2.45) is 11.8 Å². The summed E-state index contributed by atoms with van der Waals surface area (Å²) >= 11 is 0. The summed E-state index contributed by atoms with van der Waals surface area (Å²) in [6.07, 6.45) is 6.28. The van der Waals surface area contributed by atoms with Gasteiger partial charge in [0.15, 0.2) is 0 Å². The maximum absolute atomic E-state index is 6.02. The predicted molar refractivity (Wildman–Crippen MR) is 69.7 cm³/mol. The Hall–Kier alpha value is -1.09. The van der Waals surface area contributed by atoms with Gasteiger partial charge >= 0.3 is 0 Å². The first-order chi connectivity index (χ1) is 8.13. The minimum Gasteiger partial charge on any atom is -0.397 e. The topological polar surface area (TPSA) is 48.1 Å². The number of ether oxygens (including phenoxy) is 1. The lowest BCUT2D eigenvalue weighted by atomic mass is 9.72. The number of aromatic nitrogens is 1. The van der Waals surface area contributed by atoms with Gasteiger partial charge in [0.05, 0.1) is 18.0 Å². The van der Waals surface area contributed by atoms with Gasteiger partial charge in [-0.05, 0) is 42.2 Å². The van der Waals surface area contributed by atoms with E-state index >= 15 is 0 Å². The van der Waals surface area contributed by atoms with Crippen molar-refractivity contribution in [1.82, 2.24) is 4.98 Å². The van der Waals surface area contributed by atoms with E-state index in [0.717, 1.165) is 18.5 Å². The fraction of sp³-hybridized carbons (Fsp3) is 0.643. The molecule has 4 atom stereocenters. The number of anilines is 1. The zero-order valence-electron chi connectivity index (χ0n) is 10.9. The second kappa shape index (κ2) is 5.05. The molecule has 0 radical (unpaired) electrons. The van der Waals surface area contributed by atoms with Crippen LogP contribution in [-0.2, 0) is 4.74 Å². The van der Waals surface area contributed by atoms with Crippen LogP contribution >= 0.6 is 0 Å². The number of nitrogens with two attached hydrogens (primary N) is 1. The number of nitrogen functional groups attached to an aromatic ring is 1. The Morgan fingerprint density at radius 3 is 2.47 bits per heavy atom. The van der Waals surface area contributed by atoms with Crippen LogP contribution in [0.5, 0.6) is 0 Å². The van der Waals surface area contributed by atoms with Crippen molar-refractivity contribution in [3.8, 4) is 0 Å². The van der Waals surface area contributed by atoms with Gasteiger partial charge in [-0.15, -0.1) is 0 Å². The molecule has 0 aliphatic heterocycles. The van der Waals surface area contributed by atoms with Crippen LogP contribution in [0.4, 0.5) is 5.69 Å². The molecule has 0 aromatic carbocycles. The molecule has 2 N–H and O–H groups in total. The average Bonchev–Trinajstić information content (AvgIpc) is 2.29. The number of pyridine rings is 1. The van der Waals surface area contributed by atoms with Crippen molar-refractivity contribution in [3.63, 3.8) is 0 Å². The molecule has 17 heavy (non-hydrogen) atoms. The Morgan fingerprint density at radius 1 is 1.29 bits per heavy atom. The first kappa shape index (κ1) is 12.4. The number of hydrogen-bond donors (Lipinski definition) is 1. The molecule has 3 nitrogen and oxygen atoms in total. The second-order valence-corrected chi connectivity index (χ2v) is 5.33. The summed E-state index contributed by atoms with van der Waals surface area (Å²) in [5.74, 6) is 1.72. The maximum atomic E-state index is 6.02. The Bertz CT molecular complexity index is 368. The monoisotopic (exact) mass is 234 g/mol. The maximum Gasteiger partial charge on any atom is 0.0622 e.